The lowest BCUT2D eigenvalue weighted by Gasteiger charge is -2.13. The van der Waals surface area contributed by atoms with Gasteiger partial charge in [-0.3, -0.25) is 9.79 Å². The van der Waals surface area contributed by atoms with Gasteiger partial charge in [0.05, 0.1) is 0 Å². The van der Waals surface area contributed by atoms with Crippen molar-refractivity contribution in [2.75, 3.05) is 6.54 Å². The summed E-state index contributed by atoms with van der Waals surface area (Å²) in [6.07, 6.45) is 2.49. The molecule has 0 atom stereocenters. The summed E-state index contributed by atoms with van der Waals surface area (Å²) in [5.74, 6) is -0.879. The molecule has 64 valence electrons. The number of rotatable bonds is 3. The number of carboxylic acids is 1. The van der Waals surface area contributed by atoms with Crippen molar-refractivity contribution in [1.82, 2.24) is 0 Å². The topological polar surface area (TPSA) is 49.7 Å². The molecule has 0 saturated carbocycles. The van der Waals surface area contributed by atoms with Crippen LogP contribution in [0, 0.1) is 5.41 Å². The predicted octanol–water partition coefficient (Wildman–Crippen LogP) is 1.58. The average molecular weight is 157 g/mol. The van der Waals surface area contributed by atoms with Crippen molar-refractivity contribution in [2.45, 2.75) is 27.2 Å². The molecule has 0 aliphatic carbocycles. The van der Waals surface area contributed by atoms with Gasteiger partial charge in [-0.1, -0.05) is 20.8 Å². The van der Waals surface area contributed by atoms with Crippen LogP contribution in [0.2, 0.25) is 0 Å². The van der Waals surface area contributed by atoms with Crippen molar-refractivity contribution in [1.29, 1.82) is 0 Å². The van der Waals surface area contributed by atoms with Gasteiger partial charge in [-0.05, 0) is 18.1 Å². The Morgan fingerprint density at radius 3 is 2.45 bits per heavy atom. The summed E-state index contributed by atoms with van der Waals surface area (Å²) >= 11 is 0. The van der Waals surface area contributed by atoms with E-state index >= 15 is 0 Å². The second kappa shape index (κ2) is 4.11. The molecule has 3 heteroatoms. The van der Waals surface area contributed by atoms with Crippen LogP contribution in [0.5, 0.6) is 0 Å². The van der Waals surface area contributed by atoms with Crippen LogP contribution in [0.4, 0.5) is 0 Å². The number of carbonyl (C=O) groups is 1. The Labute approximate surface area is 67.1 Å². The van der Waals surface area contributed by atoms with Crippen molar-refractivity contribution in [3.63, 3.8) is 0 Å². The Kier molecular flexibility index (Phi) is 3.79. The van der Waals surface area contributed by atoms with Crippen LogP contribution in [-0.4, -0.2) is 23.8 Å². The van der Waals surface area contributed by atoms with Gasteiger partial charge in [0.1, 0.15) is 6.54 Å². The number of hydrogen-bond acceptors (Lipinski definition) is 2. The molecule has 0 heterocycles. The molecule has 0 rings (SSSR count). The van der Waals surface area contributed by atoms with Crippen LogP contribution in [0.3, 0.4) is 0 Å². The second-order valence-corrected chi connectivity index (χ2v) is 3.68. The first kappa shape index (κ1) is 10.1. The van der Waals surface area contributed by atoms with Gasteiger partial charge in [-0.25, -0.2) is 0 Å². The van der Waals surface area contributed by atoms with Gasteiger partial charge in [0.25, 0.3) is 0 Å². The normalized spacial score (nSPS) is 12.3. The minimum absolute atomic E-state index is 0.115. The standard InChI is InChI=1S/C8H15NO2/c1-8(2,3)4-5-9-6-7(10)11/h5H,4,6H2,1-3H3,(H,10,11). The Morgan fingerprint density at radius 2 is 2.09 bits per heavy atom. The number of aliphatic imine (C=N–C) groups is 1. The number of hydrogen-bond donors (Lipinski definition) is 1. The first-order valence-corrected chi connectivity index (χ1v) is 3.62. The maximum Gasteiger partial charge on any atom is 0.325 e. The predicted molar refractivity (Wildman–Crippen MR) is 45.1 cm³/mol. The summed E-state index contributed by atoms with van der Waals surface area (Å²) in [7, 11) is 0. The van der Waals surface area contributed by atoms with E-state index in [1.54, 1.807) is 6.21 Å². The van der Waals surface area contributed by atoms with Gasteiger partial charge < -0.3 is 5.11 Å². The van der Waals surface area contributed by atoms with Gasteiger partial charge in [0, 0.05) is 0 Å². The summed E-state index contributed by atoms with van der Waals surface area (Å²) in [5.41, 5.74) is 0.196. The number of carboxylic acid groups (broad SMARTS) is 1. The van der Waals surface area contributed by atoms with Crippen LogP contribution < -0.4 is 0 Å². The molecule has 0 aromatic rings. The average Bonchev–Trinajstić information content (AvgIpc) is 1.78. The van der Waals surface area contributed by atoms with E-state index in [0.29, 0.717) is 0 Å². The van der Waals surface area contributed by atoms with E-state index in [9.17, 15) is 4.79 Å². The van der Waals surface area contributed by atoms with E-state index in [4.69, 9.17) is 5.11 Å². The molecule has 0 fully saturated rings. The summed E-state index contributed by atoms with van der Waals surface area (Å²) < 4.78 is 0. The molecule has 1 N–H and O–H groups in total. The van der Waals surface area contributed by atoms with Crippen LogP contribution in [-0.2, 0) is 4.79 Å². The lowest BCUT2D eigenvalue weighted by Crippen LogP contribution is -2.06. The lowest BCUT2D eigenvalue weighted by atomic mass is 9.93. The monoisotopic (exact) mass is 157 g/mol. The Bertz CT molecular complexity index is 156. The smallest absolute Gasteiger partial charge is 0.325 e. The fraction of sp³-hybridized carbons (Fsp3) is 0.750. The molecule has 0 unspecified atom stereocenters. The summed E-state index contributed by atoms with van der Waals surface area (Å²) in [5, 5.41) is 8.23. The third kappa shape index (κ3) is 9.14. The minimum atomic E-state index is -0.879. The maximum absolute atomic E-state index is 10.0. The molecule has 0 amide bonds. The molecule has 0 aliphatic rings. The SMILES string of the molecule is CC(C)(C)CC=NCC(=O)O. The van der Waals surface area contributed by atoms with Gasteiger partial charge in [-0.15, -0.1) is 0 Å². The van der Waals surface area contributed by atoms with E-state index in [-0.39, 0.29) is 12.0 Å². The van der Waals surface area contributed by atoms with Crippen molar-refractivity contribution in [3.05, 3.63) is 0 Å². The first-order valence-electron chi connectivity index (χ1n) is 3.62. The molecular formula is C8H15NO2. The van der Waals surface area contributed by atoms with Gasteiger partial charge in [-0.2, -0.15) is 0 Å². The molecule has 0 bridgehead atoms. The van der Waals surface area contributed by atoms with E-state index in [1.165, 1.54) is 0 Å². The van der Waals surface area contributed by atoms with Gasteiger partial charge in [0.15, 0.2) is 0 Å². The number of nitrogens with zero attached hydrogens (tertiary/aromatic N) is 1. The highest BCUT2D eigenvalue weighted by Gasteiger charge is 2.06. The zero-order valence-corrected chi connectivity index (χ0v) is 7.29. The Balaban J connectivity index is 3.53. The molecule has 0 aromatic carbocycles. The highest BCUT2D eigenvalue weighted by Crippen LogP contribution is 2.15. The van der Waals surface area contributed by atoms with E-state index < -0.39 is 5.97 Å². The molecule has 0 aliphatic heterocycles. The zero-order chi connectivity index (χ0) is 8.91. The highest BCUT2D eigenvalue weighted by atomic mass is 16.4. The molecule has 11 heavy (non-hydrogen) atoms. The fourth-order valence-corrected chi connectivity index (χ4v) is 0.481. The van der Waals surface area contributed by atoms with E-state index in [2.05, 4.69) is 25.8 Å². The molecule has 0 radical (unpaired) electrons. The third-order valence-corrected chi connectivity index (χ3v) is 1.06. The van der Waals surface area contributed by atoms with Crippen molar-refractivity contribution >= 4 is 12.2 Å². The quantitative estimate of drug-likeness (QED) is 0.632. The Hall–Kier alpha value is -0.860. The summed E-state index contributed by atoms with van der Waals surface area (Å²) in [4.78, 5) is 13.7. The van der Waals surface area contributed by atoms with Crippen LogP contribution in [0.1, 0.15) is 27.2 Å². The summed E-state index contributed by atoms with van der Waals surface area (Å²) in [6, 6.07) is 0. The van der Waals surface area contributed by atoms with Crippen molar-refractivity contribution < 1.29 is 9.90 Å². The Morgan fingerprint density at radius 1 is 1.55 bits per heavy atom. The molecule has 0 spiro atoms. The van der Waals surface area contributed by atoms with E-state index in [0.717, 1.165) is 6.42 Å². The van der Waals surface area contributed by atoms with Crippen molar-refractivity contribution in [3.8, 4) is 0 Å². The third-order valence-electron chi connectivity index (χ3n) is 1.06. The fourth-order valence-electron chi connectivity index (χ4n) is 0.481. The molecule has 0 aromatic heterocycles. The van der Waals surface area contributed by atoms with Crippen LogP contribution in [0.15, 0.2) is 4.99 Å². The maximum atomic E-state index is 10.0. The van der Waals surface area contributed by atoms with Crippen LogP contribution >= 0.6 is 0 Å². The van der Waals surface area contributed by atoms with E-state index in [1.807, 2.05) is 0 Å². The number of aliphatic carboxylic acids is 1. The molecule has 3 nitrogen and oxygen atoms in total. The summed E-state index contributed by atoms with van der Waals surface area (Å²) in [6.45, 7) is 6.13. The first-order chi connectivity index (χ1) is 4.92. The molecule has 0 saturated heterocycles. The molecular weight excluding hydrogens is 142 g/mol. The van der Waals surface area contributed by atoms with Crippen LogP contribution in [0.25, 0.3) is 0 Å². The minimum Gasteiger partial charge on any atom is -0.480 e. The highest BCUT2D eigenvalue weighted by molar-refractivity contribution is 5.72. The largest absolute Gasteiger partial charge is 0.480 e. The van der Waals surface area contributed by atoms with Gasteiger partial charge in [0.2, 0.25) is 0 Å². The van der Waals surface area contributed by atoms with Gasteiger partial charge >= 0.3 is 5.97 Å². The second-order valence-electron chi connectivity index (χ2n) is 3.68. The zero-order valence-electron chi connectivity index (χ0n) is 7.29. The van der Waals surface area contributed by atoms with Crippen molar-refractivity contribution in [2.24, 2.45) is 10.4 Å². The lowest BCUT2D eigenvalue weighted by molar-refractivity contribution is -0.135.